The number of H-pyrrole nitrogens is 1. The van der Waals surface area contributed by atoms with E-state index >= 15 is 0 Å². The number of halogens is 1. The van der Waals surface area contributed by atoms with Gasteiger partial charge in [0, 0.05) is 28.7 Å². The minimum atomic E-state index is -0.162. The van der Waals surface area contributed by atoms with Gasteiger partial charge in [0.2, 0.25) is 0 Å². The molecule has 0 saturated carbocycles. The van der Waals surface area contributed by atoms with Crippen molar-refractivity contribution < 1.29 is 4.74 Å². The van der Waals surface area contributed by atoms with Crippen LogP contribution in [0.5, 0.6) is 5.75 Å². The lowest BCUT2D eigenvalue weighted by Gasteiger charge is -2.04. The Balaban J connectivity index is 1.98. The average Bonchev–Trinajstić information content (AvgIpc) is 2.84. The van der Waals surface area contributed by atoms with E-state index in [1.807, 2.05) is 12.1 Å². The zero-order valence-electron chi connectivity index (χ0n) is 10.0. The van der Waals surface area contributed by atoms with Crippen LogP contribution in [0.2, 0.25) is 0 Å². The minimum absolute atomic E-state index is 0.162. The van der Waals surface area contributed by atoms with Gasteiger partial charge in [-0.25, -0.2) is 4.98 Å². The van der Waals surface area contributed by atoms with Crippen LogP contribution in [-0.4, -0.2) is 16.6 Å². The van der Waals surface area contributed by atoms with E-state index < -0.39 is 0 Å². The van der Waals surface area contributed by atoms with Gasteiger partial charge in [-0.1, -0.05) is 15.9 Å². The highest BCUT2D eigenvalue weighted by Crippen LogP contribution is 2.33. The molecular formula is C14H11BrN2O2. The summed E-state index contributed by atoms with van der Waals surface area (Å²) in [6.45, 7) is 0.715. The molecule has 0 unspecified atom stereocenters. The van der Waals surface area contributed by atoms with Crippen LogP contribution < -0.4 is 10.3 Å². The Hall–Kier alpha value is -1.88. The van der Waals surface area contributed by atoms with Crippen molar-refractivity contribution in [2.45, 2.75) is 6.42 Å². The number of hydrogen-bond donors (Lipinski definition) is 1. The molecule has 2 aromatic rings. The molecular weight excluding hydrogens is 308 g/mol. The van der Waals surface area contributed by atoms with E-state index in [2.05, 4.69) is 32.0 Å². The fourth-order valence-corrected chi connectivity index (χ4v) is 2.58. The van der Waals surface area contributed by atoms with Crippen molar-refractivity contribution in [3.8, 4) is 5.75 Å². The predicted molar refractivity (Wildman–Crippen MR) is 77.1 cm³/mol. The van der Waals surface area contributed by atoms with E-state index in [0.717, 1.165) is 22.2 Å². The Kier molecular flexibility index (Phi) is 3.21. The molecule has 0 amide bonds. The SMILES string of the molecule is O=c1ccnc(/C=C/c2cc(Br)cc3c2OCC3)[nH]1. The monoisotopic (exact) mass is 318 g/mol. The van der Waals surface area contributed by atoms with Crippen LogP contribution in [-0.2, 0) is 6.42 Å². The van der Waals surface area contributed by atoms with Crippen molar-refractivity contribution in [2.75, 3.05) is 6.61 Å². The number of hydrogen-bond acceptors (Lipinski definition) is 3. The van der Waals surface area contributed by atoms with Gasteiger partial charge < -0.3 is 9.72 Å². The summed E-state index contributed by atoms with van der Waals surface area (Å²) in [5.74, 6) is 1.44. The smallest absolute Gasteiger partial charge is 0.251 e. The second kappa shape index (κ2) is 5.01. The van der Waals surface area contributed by atoms with Crippen molar-refractivity contribution in [3.63, 3.8) is 0 Å². The molecule has 0 fully saturated rings. The fourth-order valence-electron chi connectivity index (χ4n) is 2.06. The van der Waals surface area contributed by atoms with Crippen LogP contribution in [0.1, 0.15) is 17.0 Å². The number of ether oxygens (including phenoxy) is 1. The Morgan fingerprint density at radius 3 is 3.11 bits per heavy atom. The summed E-state index contributed by atoms with van der Waals surface area (Å²) < 4.78 is 6.65. The molecule has 2 heterocycles. The van der Waals surface area contributed by atoms with Crippen LogP contribution in [0, 0.1) is 0 Å². The average molecular weight is 319 g/mol. The van der Waals surface area contributed by atoms with E-state index in [0.29, 0.717) is 12.4 Å². The van der Waals surface area contributed by atoms with Gasteiger partial charge >= 0.3 is 0 Å². The molecule has 0 bridgehead atoms. The molecule has 1 aromatic carbocycles. The molecule has 1 aliphatic rings. The maximum Gasteiger partial charge on any atom is 0.251 e. The number of aromatic amines is 1. The van der Waals surface area contributed by atoms with E-state index in [-0.39, 0.29) is 5.56 Å². The summed E-state index contributed by atoms with van der Waals surface area (Å²) in [4.78, 5) is 17.9. The van der Waals surface area contributed by atoms with Gasteiger partial charge in [-0.05, 0) is 29.8 Å². The summed E-state index contributed by atoms with van der Waals surface area (Å²) in [5, 5.41) is 0. The minimum Gasteiger partial charge on any atom is -0.492 e. The van der Waals surface area contributed by atoms with Gasteiger partial charge in [0.25, 0.3) is 5.56 Å². The molecule has 0 saturated heterocycles. The van der Waals surface area contributed by atoms with Gasteiger partial charge in [-0.15, -0.1) is 0 Å². The zero-order chi connectivity index (χ0) is 13.2. The molecule has 4 nitrogen and oxygen atoms in total. The Bertz CT molecular complexity index is 707. The Morgan fingerprint density at radius 1 is 1.37 bits per heavy atom. The number of rotatable bonds is 2. The molecule has 19 heavy (non-hydrogen) atoms. The summed E-state index contributed by atoms with van der Waals surface area (Å²) in [6, 6.07) is 5.45. The van der Waals surface area contributed by atoms with Crippen LogP contribution in [0.15, 0.2) is 33.7 Å². The lowest BCUT2D eigenvalue weighted by Crippen LogP contribution is -2.05. The second-order valence-corrected chi connectivity index (χ2v) is 5.15. The first kappa shape index (κ1) is 12.2. The first-order valence-corrected chi connectivity index (χ1v) is 6.70. The number of fused-ring (bicyclic) bond motifs is 1. The molecule has 96 valence electrons. The van der Waals surface area contributed by atoms with Gasteiger partial charge in [-0.3, -0.25) is 4.79 Å². The quantitative estimate of drug-likeness (QED) is 0.926. The Labute approximate surface area is 118 Å². The second-order valence-electron chi connectivity index (χ2n) is 4.23. The van der Waals surface area contributed by atoms with Crippen LogP contribution in [0.25, 0.3) is 12.2 Å². The van der Waals surface area contributed by atoms with Crippen LogP contribution >= 0.6 is 15.9 Å². The van der Waals surface area contributed by atoms with E-state index in [1.54, 1.807) is 6.08 Å². The maximum atomic E-state index is 11.2. The topological polar surface area (TPSA) is 55.0 Å². The molecule has 3 rings (SSSR count). The lowest BCUT2D eigenvalue weighted by molar-refractivity contribution is 0.356. The molecule has 0 aliphatic carbocycles. The van der Waals surface area contributed by atoms with Gasteiger partial charge in [0.1, 0.15) is 11.6 Å². The maximum absolute atomic E-state index is 11.2. The molecule has 0 atom stereocenters. The Morgan fingerprint density at radius 2 is 2.26 bits per heavy atom. The van der Waals surface area contributed by atoms with Crippen molar-refractivity contribution in [3.05, 3.63) is 56.2 Å². The fraction of sp³-hybridized carbons (Fsp3) is 0.143. The molecule has 1 aromatic heterocycles. The highest BCUT2D eigenvalue weighted by atomic mass is 79.9. The van der Waals surface area contributed by atoms with Crippen molar-refractivity contribution in [1.82, 2.24) is 9.97 Å². The number of benzene rings is 1. The van der Waals surface area contributed by atoms with Crippen molar-refractivity contribution in [1.29, 1.82) is 0 Å². The molecule has 1 aliphatic heterocycles. The summed E-state index contributed by atoms with van der Waals surface area (Å²) >= 11 is 3.49. The van der Waals surface area contributed by atoms with E-state index in [4.69, 9.17) is 4.74 Å². The van der Waals surface area contributed by atoms with Crippen molar-refractivity contribution in [2.24, 2.45) is 0 Å². The third-order valence-electron chi connectivity index (χ3n) is 2.89. The number of nitrogens with zero attached hydrogens (tertiary/aromatic N) is 1. The predicted octanol–water partition coefficient (Wildman–Crippen LogP) is 2.64. The molecule has 1 N–H and O–H groups in total. The van der Waals surface area contributed by atoms with Gasteiger partial charge in [-0.2, -0.15) is 0 Å². The van der Waals surface area contributed by atoms with Gasteiger partial charge in [0.15, 0.2) is 0 Å². The van der Waals surface area contributed by atoms with Crippen LogP contribution in [0.4, 0.5) is 0 Å². The first-order valence-electron chi connectivity index (χ1n) is 5.91. The number of aromatic nitrogens is 2. The normalized spacial score (nSPS) is 13.5. The summed E-state index contributed by atoms with van der Waals surface area (Å²) in [5.41, 5.74) is 2.02. The largest absolute Gasteiger partial charge is 0.492 e. The number of nitrogens with one attached hydrogen (secondary N) is 1. The molecule has 0 spiro atoms. The standard InChI is InChI=1S/C14H11BrN2O2/c15-11-7-9(14-10(8-11)4-6-19-14)1-2-12-16-5-3-13(18)17-12/h1-3,5,7-8H,4,6H2,(H,16,17,18)/b2-1+. The van der Waals surface area contributed by atoms with E-state index in [9.17, 15) is 4.79 Å². The highest BCUT2D eigenvalue weighted by molar-refractivity contribution is 9.10. The van der Waals surface area contributed by atoms with Crippen LogP contribution in [0.3, 0.4) is 0 Å². The van der Waals surface area contributed by atoms with Crippen molar-refractivity contribution >= 4 is 28.1 Å². The van der Waals surface area contributed by atoms with E-state index in [1.165, 1.54) is 17.8 Å². The zero-order valence-corrected chi connectivity index (χ0v) is 11.6. The third-order valence-corrected chi connectivity index (χ3v) is 3.35. The third kappa shape index (κ3) is 2.61. The highest BCUT2D eigenvalue weighted by Gasteiger charge is 2.15. The molecule has 0 radical (unpaired) electrons. The lowest BCUT2D eigenvalue weighted by atomic mass is 10.1. The summed E-state index contributed by atoms with van der Waals surface area (Å²) in [7, 11) is 0. The summed E-state index contributed by atoms with van der Waals surface area (Å²) in [6.07, 6.45) is 6.08. The van der Waals surface area contributed by atoms with Gasteiger partial charge in [0.05, 0.1) is 6.61 Å². The molecule has 5 heteroatoms. The first-order chi connectivity index (χ1) is 9.22.